The maximum absolute atomic E-state index is 13.5. The van der Waals surface area contributed by atoms with Gasteiger partial charge < -0.3 is 10.4 Å². The molecule has 0 atom stereocenters. The first kappa shape index (κ1) is 15.2. The van der Waals surface area contributed by atoms with Crippen LogP contribution in [0, 0.1) is 19.7 Å². The number of amides is 1. The summed E-state index contributed by atoms with van der Waals surface area (Å²) in [5.74, 6) is -1.63. The van der Waals surface area contributed by atoms with Gasteiger partial charge in [-0.05, 0) is 42.7 Å². The molecule has 4 nitrogen and oxygen atoms in total. The number of carboxylic acid groups (broad SMARTS) is 1. The van der Waals surface area contributed by atoms with Crippen LogP contribution in [0.25, 0.3) is 0 Å². The Morgan fingerprint density at radius 2 is 1.76 bits per heavy atom. The summed E-state index contributed by atoms with van der Waals surface area (Å²) in [6, 6.07) is 6.23. The molecule has 0 aliphatic heterocycles. The van der Waals surface area contributed by atoms with Gasteiger partial charge >= 0.3 is 5.97 Å². The third-order valence-electron chi connectivity index (χ3n) is 2.99. The number of carboxylic acids is 1. The lowest BCUT2D eigenvalue weighted by Crippen LogP contribution is -2.22. The smallest absolute Gasteiger partial charge is 0.345 e. The third-order valence-corrected chi connectivity index (χ3v) is 4.06. The molecule has 0 aliphatic rings. The van der Waals surface area contributed by atoms with Gasteiger partial charge in [0.15, 0.2) is 0 Å². The first-order chi connectivity index (χ1) is 9.88. The molecule has 21 heavy (non-hydrogen) atoms. The molecule has 1 aromatic heterocycles. The van der Waals surface area contributed by atoms with Crippen LogP contribution in [-0.2, 0) is 6.54 Å². The summed E-state index contributed by atoms with van der Waals surface area (Å²) in [6.07, 6.45) is 0. The van der Waals surface area contributed by atoms with Gasteiger partial charge in [-0.1, -0.05) is 12.1 Å². The SMILES string of the molecule is Cc1cc(CNC(=O)c2ccc(C(=O)O)s2)cc(C)c1F. The Kier molecular flexibility index (Phi) is 4.37. The van der Waals surface area contributed by atoms with Crippen LogP contribution in [0.15, 0.2) is 24.3 Å². The van der Waals surface area contributed by atoms with E-state index in [1.54, 1.807) is 26.0 Å². The predicted octanol–water partition coefficient (Wildman–Crippen LogP) is 3.13. The fourth-order valence-corrected chi connectivity index (χ4v) is 2.74. The lowest BCUT2D eigenvalue weighted by Gasteiger charge is -2.08. The van der Waals surface area contributed by atoms with E-state index in [4.69, 9.17) is 5.11 Å². The molecule has 0 spiro atoms. The zero-order valence-electron chi connectivity index (χ0n) is 11.6. The topological polar surface area (TPSA) is 66.4 Å². The van der Waals surface area contributed by atoms with Crippen LogP contribution >= 0.6 is 11.3 Å². The average Bonchev–Trinajstić information content (AvgIpc) is 2.92. The Labute approximate surface area is 125 Å². The van der Waals surface area contributed by atoms with Crippen LogP contribution in [-0.4, -0.2) is 17.0 Å². The number of hydrogen-bond acceptors (Lipinski definition) is 3. The van der Waals surface area contributed by atoms with Crippen molar-refractivity contribution in [1.82, 2.24) is 5.32 Å². The zero-order valence-corrected chi connectivity index (χ0v) is 12.4. The first-order valence-corrected chi connectivity index (χ1v) is 7.07. The van der Waals surface area contributed by atoms with E-state index in [0.717, 1.165) is 16.9 Å². The standard InChI is InChI=1S/C15H14FNO3S/c1-8-5-10(6-9(2)13(8)16)7-17-14(18)11-3-4-12(21-11)15(19)20/h3-6H,7H2,1-2H3,(H,17,18)(H,19,20). The molecule has 0 aliphatic carbocycles. The van der Waals surface area contributed by atoms with Crippen LogP contribution in [0.5, 0.6) is 0 Å². The van der Waals surface area contributed by atoms with E-state index in [1.165, 1.54) is 12.1 Å². The lowest BCUT2D eigenvalue weighted by atomic mass is 10.1. The molecule has 1 aromatic carbocycles. The number of thiophene rings is 1. The van der Waals surface area contributed by atoms with E-state index in [9.17, 15) is 14.0 Å². The Bertz CT molecular complexity index is 686. The van der Waals surface area contributed by atoms with Gasteiger partial charge in [0.2, 0.25) is 0 Å². The van der Waals surface area contributed by atoms with Crippen LogP contribution in [0.4, 0.5) is 4.39 Å². The van der Waals surface area contributed by atoms with E-state index >= 15 is 0 Å². The summed E-state index contributed by atoms with van der Waals surface area (Å²) in [4.78, 5) is 23.1. The number of benzene rings is 1. The minimum atomic E-state index is -1.05. The van der Waals surface area contributed by atoms with Crippen molar-refractivity contribution in [2.75, 3.05) is 0 Å². The van der Waals surface area contributed by atoms with Crippen LogP contribution in [0.2, 0.25) is 0 Å². The van der Waals surface area contributed by atoms with Gasteiger partial charge in [-0.2, -0.15) is 0 Å². The molecule has 6 heteroatoms. The highest BCUT2D eigenvalue weighted by molar-refractivity contribution is 7.15. The Morgan fingerprint density at radius 1 is 1.19 bits per heavy atom. The zero-order chi connectivity index (χ0) is 15.6. The summed E-state index contributed by atoms with van der Waals surface area (Å²) in [6.45, 7) is 3.61. The molecule has 110 valence electrons. The van der Waals surface area contributed by atoms with E-state index in [0.29, 0.717) is 16.0 Å². The highest BCUT2D eigenvalue weighted by atomic mass is 32.1. The normalized spacial score (nSPS) is 10.4. The van der Waals surface area contributed by atoms with Gasteiger partial charge in [-0.3, -0.25) is 4.79 Å². The molecule has 0 saturated heterocycles. The van der Waals surface area contributed by atoms with E-state index in [-0.39, 0.29) is 23.1 Å². The van der Waals surface area contributed by atoms with Crippen LogP contribution < -0.4 is 5.32 Å². The average molecular weight is 307 g/mol. The first-order valence-electron chi connectivity index (χ1n) is 6.25. The molecule has 1 heterocycles. The van der Waals surface area contributed by atoms with Crippen molar-refractivity contribution in [2.45, 2.75) is 20.4 Å². The fraction of sp³-hybridized carbons (Fsp3) is 0.200. The minimum Gasteiger partial charge on any atom is -0.477 e. The van der Waals surface area contributed by atoms with Gasteiger partial charge in [0.1, 0.15) is 10.7 Å². The molecule has 1 amide bonds. The monoisotopic (exact) mass is 307 g/mol. The quantitative estimate of drug-likeness (QED) is 0.912. The Morgan fingerprint density at radius 3 is 2.29 bits per heavy atom. The molecule has 0 radical (unpaired) electrons. The second-order valence-corrected chi connectivity index (χ2v) is 5.78. The molecule has 0 saturated carbocycles. The van der Waals surface area contributed by atoms with Crippen molar-refractivity contribution < 1.29 is 19.1 Å². The fourth-order valence-electron chi connectivity index (χ4n) is 1.98. The number of carbonyl (C=O) groups is 2. The summed E-state index contributed by atoms with van der Waals surface area (Å²) >= 11 is 0.921. The molecule has 2 N–H and O–H groups in total. The molecule has 0 bridgehead atoms. The van der Waals surface area contributed by atoms with Gasteiger partial charge in [0, 0.05) is 6.54 Å². The molecule has 2 aromatic rings. The summed E-state index contributed by atoms with van der Waals surface area (Å²) < 4.78 is 13.5. The van der Waals surface area contributed by atoms with Crippen molar-refractivity contribution in [3.63, 3.8) is 0 Å². The van der Waals surface area contributed by atoms with Crippen molar-refractivity contribution in [3.8, 4) is 0 Å². The van der Waals surface area contributed by atoms with Crippen molar-refractivity contribution in [2.24, 2.45) is 0 Å². The number of aryl methyl sites for hydroxylation is 2. The second kappa shape index (κ2) is 6.05. The predicted molar refractivity (Wildman–Crippen MR) is 78.3 cm³/mol. The largest absolute Gasteiger partial charge is 0.477 e. The highest BCUT2D eigenvalue weighted by Crippen LogP contribution is 2.17. The van der Waals surface area contributed by atoms with Gasteiger partial charge in [0.25, 0.3) is 5.91 Å². The lowest BCUT2D eigenvalue weighted by molar-refractivity contribution is 0.0702. The number of rotatable bonds is 4. The third kappa shape index (κ3) is 3.46. The molecular weight excluding hydrogens is 293 g/mol. The molecule has 0 unspecified atom stereocenters. The number of aromatic carboxylic acids is 1. The van der Waals surface area contributed by atoms with Crippen LogP contribution in [0.3, 0.4) is 0 Å². The number of hydrogen-bond donors (Lipinski definition) is 2. The maximum Gasteiger partial charge on any atom is 0.345 e. The maximum atomic E-state index is 13.5. The molecular formula is C15H14FNO3S. The van der Waals surface area contributed by atoms with Crippen LogP contribution in [0.1, 0.15) is 36.0 Å². The Hall–Kier alpha value is -2.21. The molecule has 0 fully saturated rings. The van der Waals surface area contributed by atoms with Crippen molar-refractivity contribution in [1.29, 1.82) is 0 Å². The Balaban J connectivity index is 2.05. The minimum absolute atomic E-state index is 0.119. The van der Waals surface area contributed by atoms with E-state index in [1.807, 2.05) is 0 Å². The highest BCUT2D eigenvalue weighted by Gasteiger charge is 2.13. The van der Waals surface area contributed by atoms with Gasteiger partial charge in [0.05, 0.1) is 4.88 Å². The summed E-state index contributed by atoms with van der Waals surface area (Å²) in [5, 5.41) is 11.5. The van der Waals surface area contributed by atoms with Gasteiger partial charge in [-0.15, -0.1) is 11.3 Å². The summed E-state index contributed by atoms with van der Waals surface area (Å²) in [7, 11) is 0. The number of nitrogens with one attached hydrogen (secondary N) is 1. The van der Waals surface area contributed by atoms with Gasteiger partial charge in [-0.25, -0.2) is 9.18 Å². The van der Waals surface area contributed by atoms with E-state index < -0.39 is 5.97 Å². The second-order valence-electron chi connectivity index (χ2n) is 4.70. The van der Waals surface area contributed by atoms with E-state index in [2.05, 4.69) is 5.32 Å². The number of halogens is 1. The molecule has 2 rings (SSSR count). The van der Waals surface area contributed by atoms with Crippen molar-refractivity contribution in [3.05, 3.63) is 56.5 Å². The summed E-state index contributed by atoms with van der Waals surface area (Å²) in [5.41, 5.74) is 1.86. The van der Waals surface area contributed by atoms with Crippen molar-refractivity contribution >= 4 is 23.2 Å². The number of carbonyl (C=O) groups excluding carboxylic acids is 1.